The van der Waals surface area contributed by atoms with Crippen LogP contribution >= 0.6 is 11.8 Å². The molecular weight excluding hydrogens is 414 g/mol. The summed E-state index contributed by atoms with van der Waals surface area (Å²) >= 11 is 1.34. The Kier molecular flexibility index (Phi) is 8.95. The highest BCUT2D eigenvalue weighted by atomic mass is 32.2. The van der Waals surface area contributed by atoms with Gasteiger partial charge in [0.2, 0.25) is 10.0 Å². The largest absolute Gasteiger partial charge is 0.481 e. The van der Waals surface area contributed by atoms with Gasteiger partial charge >= 0.3 is 0 Å². The van der Waals surface area contributed by atoms with Crippen LogP contribution < -0.4 is 14.9 Å². The van der Waals surface area contributed by atoms with Crippen molar-refractivity contribution in [2.75, 3.05) is 12.4 Å². The van der Waals surface area contributed by atoms with E-state index in [1.165, 1.54) is 41.5 Å². The van der Waals surface area contributed by atoms with Crippen LogP contribution in [0.25, 0.3) is 0 Å². The second-order valence-corrected chi connectivity index (χ2v) is 8.46. The van der Waals surface area contributed by atoms with Crippen molar-refractivity contribution in [1.29, 1.82) is 0 Å². The number of benzene rings is 1. The molecule has 2 aromatic rings. The molecule has 0 aliphatic carbocycles. The summed E-state index contributed by atoms with van der Waals surface area (Å²) in [5.41, 5.74) is 2.44. The van der Waals surface area contributed by atoms with Crippen LogP contribution in [0.15, 0.2) is 53.7 Å². The van der Waals surface area contributed by atoms with E-state index in [1.807, 2.05) is 6.07 Å². The number of ether oxygens (including phenoxy) is 1. The first kappa shape index (κ1) is 22.7. The van der Waals surface area contributed by atoms with Gasteiger partial charge in [-0.15, -0.1) is 5.92 Å². The molecule has 3 N–H and O–H groups in total. The standard InChI is InChI=1S/C19H21N3O5S2/c1-2-3-11-27-16-6-8-17(9-7-16)29(25,26)22-18(19(23)21-24)14-28-13-15-5-4-10-20-12-15/h4-10,12,18,22,24H,11,13-14H2,1H3,(H,21,23)/t18-/m0/s1. The zero-order valence-electron chi connectivity index (χ0n) is 15.7. The number of carbonyl (C=O) groups is 1. The van der Waals surface area contributed by atoms with Gasteiger partial charge in [0, 0.05) is 23.9 Å². The Bertz CT molecular complexity index is 955. The lowest BCUT2D eigenvalue weighted by Gasteiger charge is -2.17. The molecule has 0 aliphatic rings. The zero-order chi connectivity index (χ0) is 21.1. The minimum absolute atomic E-state index is 0.0283. The number of sulfonamides is 1. The minimum Gasteiger partial charge on any atom is -0.481 e. The summed E-state index contributed by atoms with van der Waals surface area (Å²) in [6.45, 7) is 1.90. The molecule has 1 atom stereocenters. The maximum Gasteiger partial charge on any atom is 0.262 e. The highest BCUT2D eigenvalue weighted by Crippen LogP contribution is 2.18. The highest BCUT2D eigenvalue weighted by Gasteiger charge is 2.25. The highest BCUT2D eigenvalue weighted by molar-refractivity contribution is 7.98. The van der Waals surface area contributed by atoms with Crippen LogP contribution in [0, 0.1) is 11.8 Å². The number of nitrogens with zero attached hydrogens (tertiary/aromatic N) is 1. The molecule has 0 bridgehead atoms. The molecule has 10 heteroatoms. The van der Waals surface area contributed by atoms with E-state index in [4.69, 9.17) is 9.94 Å². The van der Waals surface area contributed by atoms with Crippen molar-refractivity contribution < 1.29 is 23.2 Å². The fourth-order valence-electron chi connectivity index (χ4n) is 2.18. The maximum absolute atomic E-state index is 12.6. The zero-order valence-corrected chi connectivity index (χ0v) is 17.3. The number of rotatable bonds is 10. The number of carbonyl (C=O) groups excluding carboxylic acids is 1. The molecule has 1 amide bonds. The third kappa shape index (κ3) is 7.40. The van der Waals surface area contributed by atoms with Crippen LogP contribution in [-0.4, -0.2) is 42.9 Å². The van der Waals surface area contributed by atoms with Gasteiger partial charge in [-0.1, -0.05) is 12.0 Å². The molecule has 0 saturated carbocycles. The van der Waals surface area contributed by atoms with Crippen LogP contribution in [0.4, 0.5) is 0 Å². The maximum atomic E-state index is 12.6. The molecule has 0 spiro atoms. The van der Waals surface area contributed by atoms with Crippen LogP contribution in [0.5, 0.6) is 5.75 Å². The monoisotopic (exact) mass is 435 g/mol. The first-order valence-corrected chi connectivity index (χ1v) is 11.2. The van der Waals surface area contributed by atoms with Gasteiger partial charge in [-0.05, 0) is 42.8 Å². The summed E-state index contributed by atoms with van der Waals surface area (Å²) in [5, 5.41) is 8.95. The van der Waals surface area contributed by atoms with Gasteiger partial charge in [-0.3, -0.25) is 15.0 Å². The Balaban J connectivity index is 2.02. The van der Waals surface area contributed by atoms with E-state index in [9.17, 15) is 13.2 Å². The van der Waals surface area contributed by atoms with Crippen LogP contribution in [0.3, 0.4) is 0 Å². The van der Waals surface area contributed by atoms with E-state index >= 15 is 0 Å². The molecule has 0 unspecified atom stereocenters. The van der Waals surface area contributed by atoms with Crippen molar-refractivity contribution in [2.45, 2.75) is 23.6 Å². The van der Waals surface area contributed by atoms with Crippen molar-refractivity contribution in [3.8, 4) is 17.6 Å². The summed E-state index contributed by atoms with van der Waals surface area (Å²) in [7, 11) is -3.98. The quantitative estimate of drug-likeness (QED) is 0.295. The van der Waals surface area contributed by atoms with Crippen molar-refractivity contribution in [3.05, 3.63) is 54.4 Å². The molecule has 1 aromatic carbocycles. The summed E-state index contributed by atoms with van der Waals surface area (Å²) in [6.07, 6.45) is 3.34. The first-order valence-electron chi connectivity index (χ1n) is 8.51. The van der Waals surface area contributed by atoms with Crippen LogP contribution in [0.1, 0.15) is 12.5 Å². The lowest BCUT2D eigenvalue weighted by atomic mass is 10.3. The molecule has 2 rings (SSSR count). The van der Waals surface area contributed by atoms with Gasteiger partial charge in [-0.2, -0.15) is 16.5 Å². The Labute approximate surface area is 174 Å². The lowest BCUT2D eigenvalue weighted by molar-refractivity contribution is -0.130. The van der Waals surface area contributed by atoms with E-state index in [2.05, 4.69) is 21.5 Å². The first-order chi connectivity index (χ1) is 14.0. The Hall–Kier alpha value is -2.58. The third-order valence-electron chi connectivity index (χ3n) is 3.62. The number of hydrogen-bond donors (Lipinski definition) is 3. The lowest BCUT2D eigenvalue weighted by Crippen LogP contribution is -2.47. The van der Waals surface area contributed by atoms with E-state index in [0.717, 1.165) is 5.56 Å². The number of pyridine rings is 1. The van der Waals surface area contributed by atoms with Crippen molar-refractivity contribution in [1.82, 2.24) is 15.2 Å². The van der Waals surface area contributed by atoms with Gasteiger partial charge in [-0.25, -0.2) is 13.9 Å². The van der Waals surface area contributed by atoms with E-state index < -0.39 is 22.0 Å². The number of aromatic nitrogens is 1. The Morgan fingerprint density at radius 2 is 2.07 bits per heavy atom. The molecule has 0 aliphatic heterocycles. The fraction of sp³-hybridized carbons (Fsp3) is 0.263. The van der Waals surface area contributed by atoms with E-state index in [1.54, 1.807) is 25.4 Å². The van der Waals surface area contributed by atoms with Crippen molar-refractivity contribution in [3.63, 3.8) is 0 Å². The van der Waals surface area contributed by atoms with Crippen LogP contribution in [-0.2, 0) is 20.6 Å². The number of thioether (sulfide) groups is 1. The van der Waals surface area contributed by atoms with Gasteiger partial charge < -0.3 is 4.74 Å². The number of amides is 1. The van der Waals surface area contributed by atoms with Gasteiger partial charge in [0.15, 0.2) is 0 Å². The summed E-state index contributed by atoms with van der Waals surface area (Å²) < 4.78 is 32.9. The van der Waals surface area contributed by atoms with Gasteiger partial charge in [0.1, 0.15) is 18.4 Å². The molecule has 0 fully saturated rings. The van der Waals surface area contributed by atoms with Gasteiger partial charge in [0.25, 0.3) is 5.91 Å². The minimum atomic E-state index is -3.98. The molecular formula is C19H21N3O5S2. The van der Waals surface area contributed by atoms with Crippen molar-refractivity contribution in [2.24, 2.45) is 0 Å². The summed E-state index contributed by atoms with van der Waals surface area (Å²) in [5.74, 6) is 5.73. The molecule has 29 heavy (non-hydrogen) atoms. The second-order valence-electron chi connectivity index (χ2n) is 5.71. The Morgan fingerprint density at radius 1 is 1.31 bits per heavy atom. The second kappa shape index (κ2) is 11.4. The Morgan fingerprint density at radius 3 is 2.69 bits per heavy atom. The topological polar surface area (TPSA) is 118 Å². The molecule has 1 heterocycles. The predicted molar refractivity (Wildman–Crippen MR) is 110 cm³/mol. The summed E-state index contributed by atoms with van der Waals surface area (Å²) in [6, 6.07) is 8.26. The number of hydroxylamine groups is 1. The third-order valence-corrected chi connectivity index (χ3v) is 6.22. The normalized spacial score (nSPS) is 11.8. The molecule has 8 nitrogen and oxygen atoms in total. The summed E-state index contributed by atoms with van der Waals surface area (Å²) in [4.78, 5) is 15.9. The molecule has 0 saturated heterocycles. The molecule has 1 aromatic heterocycles. The smallest absolute Gasteiger partial charge is 0.262 e. The van der Waals surface area contributed by atoms with Crippen LogP contribution in [0.2, 0.25) is 0 Å². The number of hydrogen-bond acceptors (Lipinski definition) is 7. The SMILES string of the molecule is CC#CCOc1ccc(S(=O)(=O)N[C@@H](CSCc2cccnc2)C(=O)NO)cc1. The predicted octanol–water partition coefficient (Wildman–Crippen LogP) is 1.57. The van der Waals surface area contributed by atoms with E-state index in [0.29, 0.717) is 11.5 Å². The van der Waals surface area contributed by atoms with Gasteiger partial charge in [0.05, 0.1) is 4.90 Å². The molecule has 0 radical (unpaired) electrons. The number of nitrogens with one attached hydrogen (secondary N) is 2. The average Bonchev–Trinajstić information content (AvgIpc) is 2.73. The fourth-order valence-corrected chi connectivity index (χ4v) is 4.48. The van der Waals surface area contributed by atoms with E-state index in [-0.39, 0.29) is 17.3 Å². The molecule has 154 valence electrons. The van der Waals surface area contributed by atoms with Crippen molar-refractivity contribution >= 4 is 27.7 Å². The average molecular weight is 436 g/mol.